The lowest BCUT2D eigenvalue weighted by molar-refractivity contribution is 0.0939. The summed E-state index contributed by atoms with van der Waals surface area (Å²) in [5, 5.41) is 3.01. The van der Waals surface area contributed by atoms with Crippen molar-refractivity contribution in [2.45, 2.75) is 13.0 Å². The van der Waals surface area contributed by atoms with Crippen molar-refractivity contribution >= 4 is 17.5 Å². The Morgan fingerprint density at radius 1 is 1.38 bits per heavy atom. The molecule has 0 saturated carbocycles. The summed E-state index contributed by atoms with van der Waals surface area (Å²) in [5.41, 5.74) is 1.04. The molecule has 1 heterocycles. The predicted octanol–water partition coefficient (Wildman–Crippen LogP) is 3.37. The fourth-order valence-electron chi connectivity index (χ4n) is 1.86. The lowest BCUT2D eigenvalue weighted by Gasteiger charge is -2.15. The minimum Gasteiger partial charge on any atom is -0.494 e. The van der Waals surface area contributed by atoms with Crippen molar-refractivity contribution in [3.05, 3.63) is 58.6 Å². The van der Waals surface area contributed by atoms with Gasteiger partial charge in [-0.25, -0.2) is 9.37 Å². The molecular formula is C15H14ClFN2O2. The highest BCUT2D eigenvalue weighted by Gasteiger charge is 2.14. The van der Waals surface area contributed by atoms with Gasteiger partial charge in [0.1, 0.15) is 5.15 Å². The molecule has 2 rings (SSSR count). The lowest BCUT2D eigenvalue weighted by Crippen LogP contribution is -2.26. The average Bonchev–Trinajstić information content (AvgIpc) is 2.47. The van der Waals surface area contributed by atoms with E-state index in [-0.39, 0.29) is 22.9 Å². The summed E-state index contributed by atoms with van der Waals surface area (Å²) in [6, 6.07) is 7.23. The Bertz CT molecular complexity index is 664. The molecule has 0 radical (unpaired) electrons. The number of halogens is 2. The Balaban J connectivity index is 2.12. The van der Waals surface area contributed by atoms with E-state index in [4.69, 9.17) is 16.3 Å². The number of pyridine rings is 1. The number of carbonyl (C=O) groups is 1. The monoisotopic (exact) mass is 308 g/mol. The SMILES string of the molecule is COc1ccc(C(C)NC(=O)c2ccnc(Cl)c2)cc1F. The number of ether oxygens (including phenoxy) is 1. The Morgan fingerprint density at radius 2 is 2.14 bits per heavy atom. The molecule has 0 aliphatic rings. The zero-order chi connectivity index (χ0) is 15.4. The van der Waals surface area contributed by atoms with Crippen LogP contribution in [0, 0.1) is 5.82 Å². The maximum absolute atomic E-state index is 13.7. The highest BCUT2D eigenvalue weighted by atomic mass is 35.5. The topological polar surface area (TPSA) is 51.2 Å². The van der Waals surface area contributed by atoms with Gasteiger partial charge in [0.05, 0.1) is 13.2 Å². The van der Waals surface area contributed by atoms with E-state index in [0.29, 0.717) is 11.1 Å². The average molecular weight is 309 g/mol. The zero-order valence-corrected chi connectivity index (χ0v) is 12.3. The van der Waals surface area contributed by atoms with Gasteiger partial charge in [-0.05, 0) is 36.8 Å². The van der Waals surface area contributed by atoms with Gasteiger partial charge in [-0.3, -0.25) is 4.79 Å². The first-order valence-corrected chi connectivity index (χ1v) is 6.65. The summed E-state index contributed by atoms with van der Waals surface area (Å²) >= 11 is 5.74. The van der Waals surface area contributed by atoms with Gasteiger partial charge in [-0.1, -0.05) is 17.7 Å². The summed E-state index contributed by atoms with van der Waals surface area (Å²) in [5.74, 6) is -0.607. The Kier molecular flexibility index (Phi) is 4.75. The normalized spacial score (nSPS) is 11.8. The minimum absolute atomic E-state index is 0.165. The molecule has 21 heavy (non-hydrogen) atoms. The fourth-order valence-corrected chi connectivity index (χ4v) is 2.03. The first-order chi connectivity index (χ1) is 10.0. The van der Waals surface area contributed by atoms with Crippen molar-refractivity contribution < 1.29 is 13.9 Å². The molecule has 1 aromatic carbocycles. The van der Waals surface area contributed by atoms with Gasteiger partial charge in [-0.2, -0.15) is 0 Å². The van der Waals surface area contributed by atoms with Crippen LogP contribution in [0.25, 0.3) is 0 Å². The number of hydrogen-bond acceptors (Lipinski definition) is 3. The van der Waals surface area contributed by atoms with Crippen molar-refractivity contribution in [2.24, 2.45) is 0 Å². The first kappa shape index (κ1) is 15.3. The molecule has 2 aromatic rings. The molecule has 0 saturated heterocycles. The molecule has 4 nitrogen and oxygen atoms in total. The van der Waals surface area contributed by atoms with Crippen LogP contribution in [0.1, 0.15) is 28.9 Å². The summed E-state index contributed by atoms with van der Waals surface area (Å²) in [4.78, 5) is 15.9. The molecule has 1 N–H and O–H groups in total. The van der Waals surface area contributed by atoms with E-state index >= 15 is 0 Å². The molecule has 0 aliphatic carbocycles. The number of carbonyl (C=O) groups excluding carboxylic acids is 1. The summed E-state index contributed by atoms with van der Waals surface area (Å²) in [6.45, 7) is 1.77. The Hall–Kier alpha value is -2.14. The Morgan fingerprint density at radius 3 is 2.76 bits per heavy atom. The van der Waals surface area contributed by atoms with E-state index in [9.17, 15) is 9.18 Å². The molecule has 0 spiro atoms. The summed E-state index contributed by atoms with van der Waals surface area (Å²) in [6.07, 6.45) is 1.45. The standard InChI is InChI=1S/C15H14ClFN2O2/c1-9(10-3-4-13(21-2)12(17)7-10)19-15(20)11-5-6-18-14(16)8-11/h3-9H,1-2H3,(H,19,20). The van der Waals surface area contributed by atoms with Gasteiger partial charge in [0, 0.05) is 11.8 Å². The zero-order valence-electron chi connectivity index (χ0n) is 11.6. The Labute approximate surface area is 126 Å². The van der Waals surface area contributed by atoms with Crippen molar-refractivity contribution in [2.75, 3.05) is 7.11 Å². The highest BCUT2D eigenvalue weighted by Crippen LogP contribution is 2.22. The second-order valence-electron chi connectivity index (χ2n) is 4.46. The second kappa shape index (κ2) is 6.54. The van der Waals surface area contributed by atoms with Gasteiger partial charge in [0.25, 0.3) is 5.91 Å². The number of benzene rings is 1. The number of nitrogens with zero attached hydrogens (tertiary/aromatic N) is 1. The van der Waals surface area contributed by atoms with Gasteiger partial charge < -0.3 is 10.1 Å². The van der Waals surface area contributed by atoms with Gasteiger partial charge in [-0.15, -0.1) is 0 Å². The van der Waals surface area contributed by atoms with Crippen LogP contribution in [0.5, 0.6) is 5.75 Å². The number of amides is 1. The maximum atomic E-state index is 13.7. The van der Waals surface area contributed by atoms with Crippen LogP contribution in [0.15, 0.2) is 36.5 Å². The van der Waals surface area contributed by atoms with Crippen LogP contribution in [-0.4, -0.2) is 18.0 Å². The third-order valence-electron chi connectivity index (χ3n) is 3.01. The van der Waals surface area contributed by atoms with E-state index < -0.39 is 5.82 Å². The van der Waals surface area contributed by atoms with E-state index in [2.05, 4.69) is 10.3 Å². The van der Waals surface area contributed by atoms with Crippen molar-refractivity contribution in [3.8, 4) is 5.75 Å². The molecule has 0 aliphatic heterocycles. The number of nitrogens with one attached hydrogen (secondary N) is 1. The highest BCUT2D eigenvalue weighted by molar-refractivity contribution is 6.29. The lowest BCUT2D eigenvalue weighted by atomic mass is 10.1. The van der Waals surface area contributed by atoms with E-state index in [1.807, 2.05) is 0 Å². The molecule has 110 valence electrons. The van der Waals surface area contributed by atoms with Crippen LogP contribution in [0.3, 0.4) is 0 Å². The quantitative estimate of drug-likeness (QED) is 0.881. The second-order valence-corrected chi connectivity index (χ2v) is 4.84. The third kappa shape index (κ3) is 3.70. The molecule has 1 unspecified atom stereocenters. The van der Waals surface area contributed by atoms with Crippen LogP contribution in [0.4, 0.5) is 4.39 Å². The summed E-state index contributed by atoms with van der Waals surface area (Å²) < 4.78 is 18.5. The van der Waals surface area contributed by atoms with Gasteiger partial charge >= 0.3 is 0 Å². The molecular weight excluding hydrogens is 295 g/mol. The fraction of sp³-hybridized carbons (Fsp3) is 0.200. The summed E-state index contributed by atoms with van der Waals surface area (Å²) in [7, 11) is 1.40. The molecule has 6 heteroatoms. The van der Waals surface area contributed by atoms with Gasteiger partial charge in [0.2, 0.25) is 0 Å². The molecule has 0 fully saturated rings. The molecule has 0 bridgehead atoms. The van der Waals surface area contributed by atoms with Crippen LogP contribution < -0.4 is 10.1 Å². The maximum Gasteiger partial charge on any atom is 0.251 e. The number of rotatable bonds is 4. The predicted molar refractivity (Wildman–Crippen MR) is 78.1 cm³/mol. The number of hydrogen-bond donors (Lipinski definition) is 1. The smallest absolute Gasteiger partial charge is 0.251 e. The van der Waals surface area contributed by atoms with E-state index in [1.54, 1.807) is 19.1 Å². The van der Waals surface area contributed by atoms with E-state index in [0.717, 1.165) is 0 Å². The van der Waals surface area contributed by atoms with E-state index in [1.165, 1.54) is 31.5 Å². The molecule has 1 aromatic heterocycles. The number of methoxy groups -OCH3 is 1. The first-order valence-electron chi connectivity index (χ1n) is 6.27. The van der Waals surface area contributed by atoms with Crippen LogP contribution in [0.2, 0.25) is 5.15 Å². The van der Waals surface area contributed by atoms with Crippen molar-refractivity contribution in [1.82, 2.24) is 10.3 Å². The number of aromatic nitrogens is 1. The molecule has 1 atom stereocenters. The van der Waals surface area contributed by atoms with Gasteiger partial charge in [0.15, 0.2) is 11.6 Å². The third-order valence-corrected chi connectivity index (χ3v) is 3.22. The van der Waals surface area contributed by atoms with Crippen molar-refractivity contribution in [1.29, 1.82) is 0 Å². The molecule has 1 amide bonds. The van der Waals surface area contributed by atoms with Crippen LogP contribution >= 0.6 is 11.6 Å². The largest absolute Gasteiger partial charge is 0.494 e. The minimum atomic E-state index is -0.469. The van der Waals surface area contributed by atoms with Crippen LogP contribution in [-0.2, 0) is 0 Å². The van der Waals surface area contributed by atoms with Crippen molar-refractivity contribution in [3.63, 3.8) is 0 Å².